The maximum absolute atomic E-state index is 13.9. The van der Waals surface area contributed by atoms with Crippen LogP contribution in [0, 0.1) is 5.82 Å². The van der Waals surface area contributed by atoms with Crippen molar-refractivity contribution in [1.29, 1.82) is 0 Å². The molecule has 11 heteroatoms. The van der Waals surface area contributed by atoms with Crippen molar-refractivity contribution in [2.45, 2.75) is 13.0 Å². The molecule has 1 atom stereocenters. The van der Waals surface area contributed by atoms with Crippen molar-refractivity contribution in [3.05, 3.63) is 63.6 Å². The third kappa shape index (κ3) is 5.06. The molecule has 1 aromatic carbocycles. The third-order valence-corrected chi connectivity index (χ3v) is 6.31. The summed E-state index contributed by atoms with van der Waals surface area (Å²) in [5, 5.41) is 0.109. The number of hydrogen-bond donors (Lipinski definition) is 1. The molecule has 178 valence electrons. The van der Waals surface area contributed by atoms with Crippen LogP contribution in [0.3, 0.4) is 0 Å². The zero-order valence-corrected chi connectivity index (χ0v) is 20.1. The van der Waals surface area contributed by atoms with Crippen molar-refractivity contribution in [3.8, 4) is 17.3 Å². The fourth-order valence-electron chi connectivity index (χ4n) is 3.63. The van der Waals surface area contributed by atoms with E-state index in [1.54, 1.807) is 25.3 Å². The Hall–Kier alpha value is -3.01. The van der Waals surface area contributed by atoms with Crippen LogP contribution in [0.2, 0.25) is 10.0 Å². The van der Waals surface area contributed by atoms with Gasteiger partial charge in [0, 0.05) is 48.5 Å². The number of hydrogen-bond acceptors (Lipinski definition) is 7. The number of nitrogens with zero attached hydrogens (tertiary/aromatic N) is 5. The van der Waals surface area contributed by atoms with Gasteiger partial charge in [-0.25, -0.2) is 14.4 Å². The van der Waals surface area contributed by atoms with E-state index in [9.17, 15) is 9.18 Å². The van der Waals surface area contributed by atoms with Gasteiger partial charge in [0.15, 0.2) is 5.82 Å². The van der Waals surface area contributed by atoms with Crippen molar-refractivity contribution < 1.29 is 13.9 Å². The van der Waals surface area contributed by atoms with Gasteiger partial charge in [-0.2, -0.15) is 0 Å². The molecular weight excluding hydrogens is 482 g/mol. The Balaban J connectivity index is 1.59. The number of aromatic nitrogens is 3. The van der Waals surface area contributed by atoms with E-state index in [0.29, 0.717) is 30.0 Å². The largest absolute Gasteiger partial charge is 0.467 e. The number of pyridine rings is 1. The second-order valence-corrected chi connectivity index (χ2v) is 8.77. The number of carbonyl (C=O) groups excluding carboxylic acids is 1. The van der Waals surface area contributed by atoms with Crippen LogP contribution < -0.4 is 10.5 Å². The van der Waals surface area contributed by atoms with Gasteiger partial charge in [0.25, 0.3) is 11.8 Å². The van der Waals surface area contributed by atoms with Crippen molar-refractivity contribution in [2.75, 3.05) is 39.0 Å². The smallest absolute Gasteiger partial charge is 0.258 e. The summed E-state index contributed by atoms with van der Waals surface area (Å²) in [6.07, 6.45) is 2.23. The number of anilines is 1. The quantitative estimate of drug-likeness (QED) is 0.522. The van der Waals surface area contributed by atoms with Gasteiger partial charge in [0.2, 0.25) is 0 Å². The summed E-state index contributed by atoms with van der Waals surface area (Å²) in [5.41, 5.74) is 7.54. The van der Waals surface area contributed by atoms with Crippen molar-refractivity contribution >= 4 is 34.9 Å². The average molecular weight is 505 g/mol. The van der Waals surface area contributed by atoms with E-state index in [1.165, 1.54) is 18.3 Å². The molecule has 4 rings (SSSR count). The molecule has 2 aromatic heterocycles. The molecule has 8 nitrogen and oxygen atoms in total. The maximum atomic E-state index is 13.9. The molecule has 2 N–H and O–H groups in total. The number of amides is 1. The minimum atomic E-state index is -0.763. The molecule has 0 aliphatic carbocycles. The highest BCUT2D eigenvalue weighted by molar-refractivity contribution is 6.36. The Morgan fingerprint density at radius 3 is 2.62 bits per heavy atom. The van der Waals surface area contributed by atoms with E-state index in [0.717, 1.165) is 13.1 Å². The van der Waals surface area contributed by atoms with E-state index in [2.05, 4.69) is 19.9 Å². The second kappa shape index (κ2) is 10.1. The topological polar surface area (TPSA) is 97.5 Å². The van der Waals surface area contributed by atoms with Crippen molar-refractivity contribution in [3.63, 3.8) is 0 Å². The number of halogens is 3. The Morgan fingerprint density at radius 2 is 1.88 bits per heavy atom. The molecule has 3 heterocycles. The Bertz CT molecular complexity index is 1220. The summed E-state index contributed by atoms with van der Waals surface area (Å²) in [7, 11) is 2.03. The molecule has 1 amide bonds. The van der Waals surface area contributed by atoms with E-state index in [1.807, 2.05) is 11.9 Å². The van der Waals surface area contributed by atoms with Gasteiger partial charge in [0.1, 0.15) is 17.6 Å². The van der Waals surface area contributed by atoms with Gasteiger partial charge < -0.3 is 20.3 Å². The first-order valence-electron chi connectivity index (χ1n) is 10.6. The lowest BCUT2D eigenvalue weighted by Gasteiger charge is -2.32. The van der Waals surface area contributed by atoms with Crippen molar-refractivity contribution in [2.24, 2.45) is 0 Å². The van der Waals surface area contributed by atoms with Crippen LogP contribution in [0.5, 0.6) is 5.88 Å². The summed E-state index contributed by atoms with van der Waals surface area (Å²) in [6.45, 7) is 4.62. The standard InChI is InChI=1S/C23H23Cl2FN6O2/c1-13(19-15(24)3-4-16(26)20(19)25)34-22-21(27)29-12-18(30-22)17-11-14(5-6-28-17)23(33)32-9-7-31(2)8-10-32/h3-6,11-13H,7-10H2,1-2H3,(H2,27,29). The zero-order valence-electron chi connectivity index (χ0n) is 18.6. The van der Waals surface area contributed by atoms with Crippen molar-refractivity contribution in [1.82, 2.24) is 24.8 Å². The molecule has 1 unspecified atom stereocenters. The zero-order chi connectivity index (χ0) is 24.4. The Morgan fingerprint density at radius 1 is 1.15 bits per heavy atom. The van der Waals surface area contributed by atoms with E-state index < -0.39 is 11.9 Å². The van der Waals surface area contributed by atoms with Crippen LogP contribution in [0.25, 0.3) is 11.4 Å². The van der Waals surface area contributed by atoms with Crippen LogP contribution in [0.4, 0.5) is 10.2 Å². The average Bonchev–Trinajstić information content (AvgIpc) is 2.83. The molecule has 0 spiro atoms. The van der Waals surface area contributed by atoms with Crippen LogP contribution in [-0.4, -0.2) is 63.9 Å². The number of nitrogens with two attached hydrogens (primary N) is 1. The summed E-state index contributed by atoms with van der Waals surface area (Å²) in [5.74, 6) is -0.640. The number of ether oxygens (including phenoxy) is 1. The maximum Gasteiger partial charge on any atom is 0.258 e. The highest BCUT2D eigenvalue weighted by Crippen LogP contribution is 2.35. The van der Waals surface area contributed by atoms with Crippen LogP contribution in [-0.2, 0) is 0 Å². The highest BCUT2D eigenvalue weighted by Gasteiger charge is 2.23. The van der Waals surface area contributed by atoms with E-state index >= 15 is 0 Å². The normalized spacial score (nSPS) is 15.3. The molecule has 1 aliphatic heterocycles. The molecule has 34 heavy (non-hydrogen) atoms. The number of likely N-dealkylation sites (N-methyl/N-ethyl adjacent to an activating group) is 1. The Labute approximate surface area is 206 Å². The van der Waals surface area contributed by atoms with Gasteiger partial charge in [-0.3, -0.25) is 9.78 Å². The monoisotopic (exact) mass is 504 g/mol. The summed E-state index contributed by atoms with van der Waals surface area (Å²) >= 11 is 12.3. The summed E-state index contributed by atoms with van der Waals surface area (Å²) in [4.78, 5) is 29.8. The first-order valence-corrected chi connectivity index (χ1v) is 11.4. The molecule has 0 saturated carbocycles. The minimum Gasteiger partial charge on any atom is -0.467 e. The van der Waals surface area contributed by atoms with E-state index in [4.69, 9.17) is 33.7 Å². The molecule has 0 bridgehead atoms. The fourth-order valence-corrected chi connectivity index (χ4v) is 4.31. The van der Waals surface area contributed by atoms with Crippen LogP contribution in [0.1, 0.15) is 28.9 Å². The molecule has 1 saturated heterocycles. The third-order valence-electron chi connectivity index (χ3n) is 5.60. The number of benzene rings is 1. The lowest BCUT2D eigenvalue weighted by molar-refractivity contribution is 0.0664. The number of rotatable bonds is 5. The number of carbonyl (C=O) groups is 1. The predicted molar refractivity (Wildman–Crippen MR) is 129 cm³/mol. The highest BCUT2D eigenvalue weighted by atomic mass is 35.5. The van der Waals surface area contributed by atoms with Gasteiger partial charge in [-0.05, 0) is 38.2 Å². The first kappa shape index (κ1) is 24.1. The molecule has 3 aromatic rings. The summed E-state index contributed by atoms with van der Waals surface area (Å²) in [6, 6.07) is 5.91. The summed E-state index contributed by atoms with van der Waals surface area (Å²) < 4.78 is 19.8. The van der Waals surface area contributed by atoms with Gasteiger partial charge in [0.05, 0.1) is 16.9 Å². The Kier molecular flexibility index (Phi) is 7.16. The van der Waals surface area contributed by atoms with Gasteiger partial charge in [-0.1, -0.05) is 23.2 Å². The van der Waals surface area contributed by atoms with E-state index in [-0.39, 0.29) is 33.2 Å². The fraction of sp³-hybridized carbons (Fsp3) is 0.304. The second-order valence-electron chi connectivity index (χ2n) is 7.99. The predicted octanol–water partition coefficient (Wildman–Crippen LogP) is 4.09. The molecular formula is C23H23Cl2FN6O2. The number of piperazine rings is 1. The molecule has 1 fully saturated rings. The molecule has 0 radical (unpaired) electrons. The lowest BCUT2D eigenvalue weighted by atomic mass is 10.1. The molecule has 1 aliphatic rings. The van der Waals surface area contributed by atoms with Crippen LogP contribution >= 0.6 is 23.2 Å². The number of nitrogen functional groups attached to an aromatic ring is 1. The minimum absolute atomic E-state index is 0.0130. The van der Waals surface area contributed by atoms with Gasteiger partial charge in [-0.15, -0.1) is 0 Å². The van der Waals surface area contributed by atoms with Crippen LogP contribution in [0.15, 0.2) is 36.7 Å². The SMILES string of the molecule is CC(Oc1nc(-c2cc(C(=O)N3CCN(C)CC3)ccn2)cnc1N)c1c(Cl)ccc(F)c1Cl. The van der Waals surface area contributed by atoms with Gasteiger partial charge >= 0.3 is 0 Å². The lowest BCUT2D eigenvalue weighted by Crippen LogP contribution is -2.47. The first-order chi connectivity index (χ1) is 16.2.